The summed E-state index contributed by atoms with van der Waals surface area (Å²) in [5.74, 6) is 1.77. The van der Waals surface area contributed by atoms with Gasteiger partial charge in [0.1, 0.15) is 11.5 Å². The van der Waals surface area contributed by atoms with Crippen LogP contribution in [0.5, 0.6) is 11.5 Å². The van der Waals surface area contributed by atoms with E-state index in [1.165, 1.54) is 0 Å². The monoisotopic (exact) mass is 460 g/mol. The molecule has 0 unspecified atom stereocenters. The van der Waals surface area contributed by atoms with Crippen molar-refractivity contribution in [3.05, 3.63) is 46.9 Å². The molecular weight excluding hydrogens is 432 g/mol. The van der Waals surface area contributed by atoms with Gasteiger partial charge in [-0.05, 0) is 56.7 Å². The van der Waals surface area contributed by atoms with E-state index in [1.54, 1.807) is 0 Å². The van der Waals surface area contributed by atoms with Crippen molar-refractivity contribution < 1.29 is 19.7 Å². The molecule has 5 heteroatoms. The van der Waals surface area contributed by atoms with E-state index in [9.17, 15) is 0 Å². The van der Waals surface area contributed by atoms with Gasteiger partial charge in [0, 0.05) is 39.2 Å². The average molecular weight is 461 g/mol. The first-order chi connectivity index (χ1) is 14.3. The number of rotatable bonds is 12. The van der Waals surface area contributed by atoms with Crippen LogP contribution in [0.25, 0.3) is 21.5 Å². The third-order valence-electron chi connectivity index (χ3n) is 4.98. The molecule has 0 bridgehead atoms. The van der Waals surface area contributed by atoms with Crippen LogP contribution in [0.3, 0.4) is 0 Å². The van der Waals surface area contributed by atoms with Gasteiger partial charge in [-0.15, -0.1) is 0 Å². The quantitative estimate of drug-likeness (QED) is 0.263. The Hall–Kier alpha value is -1.82. The molecule has 0 aliphatic heterocycles. The molecule has 3 rings (SSSR count). The lowest BCUT2D eigenvalue weighted by Crippen LogP contribution is -2.03. The number of halogens is 1. The van der Waals surface area contributed by atoms with Crippen molar-refractivity contribution in [1.29, 1.82) is 0 Å². The maximum Gasteiger partial charge on any atom is 0.135 e. The van der Waals surface area contributed by atoms with E-state index in [2.05, 4.69) is 40.2 Å². The minimum absolute atomic E-state index is 0.225. The number of benzene rings is 3. The number of fused-ring (bicyclic) bond motifs is 2. The van der Waals surface area contributed by atoms with Crippen molar-refractivity contribution >= 4 is 37.5 Å². The van der Waals surface area contributed by atoms with Crippen LogP contribution >= 0.6 is 15.9 Å². The first kappa shape index (κ1) is 21.9. The highest BCUT2D eigenvalue weighted by molar-refractivity contribution is 9.10. The lowest BCUT2D eigenvalue weighted by molar-refractivity contribution is 0.266. The Morgan fingerprint density at radius 1 is 0.621 bits per heavy atom. The normalized spacial score (nSPS) is 11.3. The highest BCUT2D eigenvalue weighted by atomic mass is 79.9. The highest BCUT2D eigenvalue weighted by Gasteiger charge is 2.16. The van der Waals surface area contributed by atoms with Crippen molar-refractivity contribution in [2.24, 2.45) is 0 Å². The van der Waals surface area contributed by atoms with Crippen LogP contribution in [0.4, 0.5) is 0 Å². The molecule has 0 spiro atoms. The van der Waals surface area contributed by atoms with Crippen LogP contribution in [0.2, 0.25) is 0 Å². The number of hydrogen-bond donors (Lipinski definition) is 2. The summed E-state index contributed by atoms with van der Waals surface area (Å²) in [5.41, 5.74) is 0. The van der Waals surface area contributed by atoms with Crippen LogP contribution in [-0.4, -0.2) is 36.6 Å². The summed E-state index contributed by atoms with van der Waals surface area (Å²) in [6.07, 6.45) is 5.34. The first-order valence-corrected chi connectivity index (χ1v) is 11.2. The second-order valence-corrected chi connectivity index (χ2v) is 8.07. The molecule has 0 fully saturated rings. The van der Waals surface area contributed by atoms with Crippen molar-refractivity contribution in [1.82, 2.24) is 0 Å². The van der Waals surface area contributed by atoms with Gasteiger partial charge in [0.15, 0.2) is 0 Å². The van der Waals surface area contributed by atoms with Crippen LogP contribution in [0.15, 0.2) is 46.9 Å². The lowest BCUT2D eigenvalue weighted by atomic mass is 10.0. The molecular formula is C24H29BrO4. The van der Waals surface area contributed by atoms with Crippen molar-refractivity contribution in [3.8, 4) is 11.5 Å². The molecule has 0 aromatic heterocycles. The highest BCUT2D eigenvalue weighted by Crippen LogP contribution is 2.43. The average Bonchev–Trinajstić information content (AvgIpc) is 2.74. The largest absolute Gasteiger partial charge is 0.492 e. The van der Waals surface area contributed by atoms with Gasteiger partial charge in [0.25, 0.3) is 0 Å². The summed E-state index contributed by atoms with van der Waals surface area (Å²) in [7, 11) is 0. The molecule has 0 atom stereocenters. The van der Waals surface area contributed by atoms with Crippen molar-refractivity contribution in [3.63, 3.8) is 0 Å². The second-order valence-electron chi connectivity index (χ2n) is 7.16. The summed E-state index contributed by atoms with van der Waals surface area (Å²) in [6, 6.07) is 14.4. The van der Waals surface area contributed by atoms with Crippen LogP contribution in [0.1, 0.15) is 38.5 Å². The zero-order chi connectivity index (χ0) is 20.5. The molecule has 0 aliphatic rings. The summed E-state index contributed by atoms with van der Waals surface area (Å²) in [5, 5.41) is 22.1. The topological polar surface area (TPSA) is 58.9 Å². The van der Waals surface area contributed by atoms with Crippen LogP contribution in [-0.2, 0) is 0 Å². The van der Waals surface area contributed by atoms with E-state index < -0.39 is 0 Å². The number of unbranched alkanes of at least 4 members (excludes halogenated alkanes) is 4. The fraction of sp³-hybridized carbons (Fsp3) is 0.417. The molecule has 3 aromatic carbocycles. The van der Waals surface area contributed by atoms with Gasteiger partial charge in [-0.3, -0.25) is 0 Å². The second kappa shape index (κ2) is 11.4. The van der Waals surface area contributed by atoms with E-state index >= 15 is 0 Å². The molecule has 0 amide bonds. The minimum atomic E-state index is 0.225. The van der Waals surface area contributed by atoms with E-state index in [-0.39, 0.29) is 13.2 Å². The Kier molecular flexibility index (Phi) is 8.59. The lowest BCUT2D eigenvalue weighted by Gasteiger charge is -2.18. The SMILES string of the molecule is OCCCCCOc1c2ccccc2c(OCCCCCO)c2cc(Br)ccc12. The molecule has 0 radical (unpaired) electrons. The maximum atomic E-state index is 8.97. The Bertz CT molecular complexity index is 926. The number of ether oxygens (including phenoxy) is 2. The molecule has 3 aromatic rings. The molecule has 0 saturated carbocycles. The predicted octanol–water partition coefficient (Wildman–Crippen LogP) is 5.84. The Morgan fingerprint density at radius 2 is 1.14 bits per heavy atom. The molecule has 156 valence electrons. The van der Waals surface area contributed by atoms with Gasteiger partial charge in [0.05, 0.1) is 13.2 Å². The third kappa shape index (κ3) is 5.62. The van der Waals surface area contributed by atoms with Crippen LogP contribution < -0.4 is 9.47 Å². The minimum Gasteiger partial charge on any atom is -0.492 e. The fourth-order valence-corrected chi connectivity index (χ4v) is 3.87. The summed E-state index contributed by atoms with van der Waals surface area (Å²) >= 11 is 3.59. The molecule has 4 nitrogen and oxygen atoms in total. The number of aliphatic hydroxyl groups excluding tert-OH is 2. The molecule has 2 N–H and O–H groups in total. The van der Waals surface area contributed by atoms with E-state index in [0.717, 1.165) is 76.0 Å². The molecule has 29 heavy (non-hydrogen) atoms. The van der Waals surface area contributed by atoms with Crippen molar-refractivity contribution in [2.45, 2.75) is 38.5 Å². The fourth-order valence-electron chi connectivity index (χ4n) is 3.51. The van der Waals surface area contributed by atoms with Crippen molar-refractivity contribution in [2.75, 3.05) is 26.4 Å². The zero-order valence-electron chi connectivity index (χ0n) is 16.7. The van der Waals surface area contributed by atoms with Gasteiger partial charge in [-0.2, -0.15) is 0 Å². The Labute approximate surface area is 180 Å². The number of hydrogen-bond acceptors (Lipinski definition) is 4. The van der Waals surface area contributed by atoms with Gasteiger partial charge in [0.2, 0.25) is 0 Å². The van der Waals surface area contributed by atoms with E-state index in [0.29, 0.717) is 13.2 Å². The Morgan fingerprint density at radius 3 is 1.69 bits per heavy atom. The van der Waals surface area contributed by atoms with E-state index in [4.69, 9.17) is 19.7 Å². The third-order valence-corrected chi connectivity index (χ3v) is 5.48. The summed E-state index contributed by atoms with van der Waals surface area (Å²) in [4.78, 5) is 0. The van der Waals surface area contributed by atoms with Gasteiger partial charge in [-0.1, -0.05) is 40.2 Å². The first-order valence-electron chi connectivity index (χ1n) is 10.4. The summed E-state index contributed by atoms with van der Waals surface area (Å²) in [6.45, 7) is 1.69. The molecule has 0 aliphatic carbocycles. The zero-order valence-corrected chi connectivity index (χ0v) is 18.3. The van der Waals surface area contributed by atoms with Gasteiger partial charge < -0.3 is 19.7 Å². The van der Waals surface area contributed by atoms with Crippen LogP contribution in [0, 0.1) is 0 Å². The molecule has 0 saturated heterocycles. The Balaban J connectivity index is 1.96. The predicted molar refractivity (Wildman–Crippen MR) is 122 cm³/mol. The summed E-state index contributed by atoms with van der Waals surface area (Å²) < 4.78 is 13.5. The standard InChI is InChI=1S/C24H29BrO4/c25-18-11-12-21-22(17-18)24(29-16-8-2-6-14-27)20-10-4-3-9-19(20)23(21)28-15-7-1-5-13-26/h3-4,9-12,17,26-27H,1-2,5-8,13-16H2. The molecule has 0 heterocycles. The smallest absolute Gasteiger partial charge is 0.135 e. The number of aliphatic hydroxyl groups is 2. The van der Waals surface area contributed by atoms with E-state index in [1.807, 2.05) is 18.2 Å². The van der Waals surface area contributed by atoms with Gasteiger partial charge >= 0.3 is 0 Å². The maximum absolute atomic E-state index is 8.97. The van der Waals surface area contributed by atoms with Gasteiger partial charge in [-0.25, -0.2) is 0 Å².